The lowest BCUT2D eigenvalue weighted by atomic mass is 10.1. The summed E-state index contributed by atoms with van der Waals surface area (Å²) in [6.07, 6.45) is 0. The van der Waals surface area contributed by atoms with Gasteiger partial charge in [-0.2, -0.15) is 0 Å². The molecule has 0 saturated carbocycles. The van der Waals surface area contributed by atoms with Crippen molar-refractivity contribution in [2.24, 2.45) is 5.73 Å². The standard InChI is InChI=1S/C10H12N2O3.BrH/c11-6-8(13)12-9(10(14)15)7-4-2-1-3-5-7;/h1-5,9H,6,11H2,(H,12,13)(H,14,15);1H/t9-;/m0./s1. The van der Waals surface area contributed by atoms with Gasteiger partial charge in [0.1, 0.15) is 0 Å². The quantitative estimate of drug-likeness (QED) is 0.751. The lowest BCUT2D eigenvalue weighted by Gasteiger charge is -2.13. The van der Waals surface area contributed by atoms with Gasteiger partial charge in [0.2, 0.25) is 5.91 Å². The first-order valence-electron chi connectivity index (χ1n) is 4.42. The van der Waals surface area contributed by atoms with Gasteiger partial charge in [0.15, 0.2) is 6.04 Å². The molecule has 1 rings (SSSR count). The van der Waals surface area contributed by atoms with Crippen LogP contribution in [-0.2, 0) is 9.59 Å². The number of hydrogen-bond acceptors (Lipinski definition) is 3. The Morgan fingerprint density at radius 3 is 2.31 bits per heavy atom. The molecule has 0 aliphatic rings. The van der Waals surface area contributed by atoms with Crippen molar-refractivity contribution >= 4 is 28.9 Å². The molecular weight excluding hydrogens is 276 g/mol. The van der Waals surface area contributed by atoms with Gasteiger partial charge in [0.25, 0.3) is 0 Å². The van der Waals surface area contributed by atoms with Gasteiger partial charge in [-0.1, -0.05) is 30.3 Å². The number of halogens is 1. The van der Waals surface area contributed by atoms with Crippen LogP contribution in [0.25, 0.3) is 0 Å². The fraction of sp³-hybridized carbons (Fsp3) is 0.200. The highest BCUT2D eigenvalue weighted by atomic mass is 79.9. The summed E-state index contributed by atoms with van der Waals surface area (Å²) in [6, 6.07) is 7.42. The van der Waals surface area contributed by atoms with Crippen molar-refractivity contribution < 1.29 is 14.7 Å². The van der Waals surface area contributed by atoms with Crippen LogP contribution in [0, 0.1) is 0 Å². The van der Waals surface area contributed by atoms with Gasteiger partial charge in [0.05, 0.1) is 6.54 Å². The predicted octanol–water partition coefficient (Wildman–Crippen LogP) is 0.465. The molecule has 0 heterocycles. The van der Waals surface area contributed by atoms with Crippen LogP contribution in [0.2, 0.25) is 0 Å². The van der Waals surface area contributed by atoms with Crippen LogP contribution >= 0.6 is 17.0 Å². The second-order valence-corrected chi connectivity index (χ2v) is 2.95. The molecule has 0 spiro atoms. The average molecular weight is 289 g/mol. The Hall–Kier alpha value is -1.40. The zero-order valence-electron chi connectivity index (χ0n) is 8.42. The maximum absolute atomic E-state index is 11.0. The number of hydrogen-bond donors (Lipinski definition) is 3. The van der Waals surface area contributed by atoms with E-state index in [-0.39, 0.29) is 23.5 Å². The van der Waals surface area contributed by atoms with Gasteiger partial charge >= 0.3 is 5.97 Å². The van der Waals surface area contributed by atoms with Crippen molar-refractivity contribution in [3.8, 4) is 0 Å². The Morgan fingerprint density at radius 2 is 1.88 bits per heavy atom. The predicted molar refractivity (Wildman–Crippen MR) is 64.3 cm³/mol. The van der Waals surface area contributed by atoms with Crippen LogP contribution in [0.5, 0.6) is 0 Å². The highest BCUT2D eigenvalue weighted by Crippen LogP contribution is 2.12. The van der Waals surface area contributed by atoms with E-state index in [1.807, 2.05) is 0 Å². The topological polar surface area (TPSA) is 92.4 Å². The zero-order valence-corrected chi connectivity index (χ0v) is 10.1. The van der Waals surface area contributed by atoms with Gasteiger partial charge in [0, 0.05) is 0 Å². The largest absolute Gasteiger partial charge is 0.479 e. The molecule has 0 aromatic heterocycles. The van der Waals surface area contributed by atoms with Gasteiger partial charge in [-0.25, -0.2) is 4.79 Å². The van der Waals surface area contributed by atoms with Crippen LogP contribution in [0.3, 0.4) is 0 Å². The Labute approximate surface area is 103 Å². The first-order valence-corrected chi connectivity index (χ1v) is 4.42. The third-order valence-electron chi connectivity index (χ3n) is 1.87. The van der Waals surface area contributed by atoms with E-state index in [1.54, 1.807) is 30.3 Å². The Kier molecular flexibility index (Phi) is 6.36. The number of amides is 1. The molecule has 1 aromatic rings. The monoisotopic (exact) mass is 288 g/mol. The molecular formula is C10H13BrN2O3. The molecule has 16 heavy (non-hydrogen) atoms. The summed E-state index contributed by atoms with van der Waals surface area (Å²) in [5.74, 6) is -1.60. The minimum Gasteiger partial charge on any atom is -0.479 e. The minimum absolute atomic E-state index is 0. The zero-order chi connectivity index (χ0) is 11.3. The number of benzene rings is 1. The second-order valence-electron chi connectivity index (χ2n) is 2.95. The van der Waals surface area contributed by atoms with Crippen LogP contribution in [0.1, 0.15) is 11.6 Å². The maximum atomic E-state index is 11.0. The molecule has 88 valence electrons. The van der Waals surface area contributed by atoms with E-state index in [0.717, 1.165) is 0 Å². The lowest BCUT2D eigenvalue weighted by Crippen LogP contribution is -2.37. The van der Waals surface area contributed by atoms with E-state index < -0.39 is 17.9 Å². The average Bonchev–Trinajstić information content (AvgIpc) is 2.26. The smallest absolute Gasteiger partial charge is 0.330 e. The van der Waals surface area contributed by atoms with Crippen LogP contribution in [0.15, 0.2) is 30.3 Å². The molecule has 0 radical (unpaired) electrons. The number of rotatable bonds is 4. The fourth-order valence-electron chi connectivity index (χ4n) is 1.15. The molecule has 1 atom stereocenters. The van der Waals surface area contributed by atoms with E-state index in [0.29, 0.717) is 5.56 Å². The Balaban J connectivity index is 0.00000225. The van der Waals surface area contributed by atoms with E-state index in [9.17, 15) is 9.59 Å². The van der Waals surface area contributed by atoms with Crippen LogP contribution < -0.4 is 11.1 Å². The summed E-state index contributed by atoms with van der Waals surface area (Å²) >= 11 is 0. The molecule has 0 fully saturated rings. The number of nitrogens with one attached hydrogen (secondary N) is 1. The van der Waals surface area contributed by atoms with E-state index in [4.69, 9.17) is 10.8 Å². The Morgan fingerprint density at radius 1 is 1.31 bits per heavy atom. The second kappa shape index (κ2) is 6.97. The molecule has 0 unspecified atom stereocenters. The van der Waals surface area contributed by atoms with Crippen LogP contribution in [-0.4, -0.2) is 23.5 Å². The SMILES string of the molecule is Br.NCC(=O)N[C@H](C(=O)O)c1ccccc1. The Bertz CT molecular complexity index is 356. The third-order valence-corrected chi connectivity index (χ3v) is 1.87. The molecule has 0 bridgehead atoms. The number of carbonyl (C=O) groups is 2. The molecule has 0 saturated heterocycles. The van der Waals surface area contributed by atoms with Crippen LogP contribution in [0.4, 0.5) is 0 Å². The van der Waals surface area contributed by atoms with E-state index >= 15 is 0 Å². The number of carboxylic acids is 1. The molecule has 1 amide bonds. The summed E-state index contributed by atoms with van der Waals surface area (Å²) in [6.45, 7) is -0.226. The molecule has 0 aliphatic carbocycles. The number of nitrogens with two attached hydrogens (primary N) is 1. The van der Waals surface area contributed by atoms with Gasteiger partial charge in [-0.3, -0.25) is 4.79 Å². The maximum Gasteiger partial charge on any atom is 0.330 e. The van der Waals surface area contributed by atoms with E-state index in [1.165, 1.54) is 0 Å². The molecule has 4 N–H and O–H groups in total. The molecule has 5 nitrogen and oxygen atoms in total. The van der Waals surface area contributed by atoms with Crippen molar-refractivity contribution in [1.29, 1.82) is 0 Å². The summed E-state index contributed by atoms with van der Waals surface area (Å²) in [7, 11) is 0. The summed E-state index contributed by atoms with van der Waals surface area (Å²) in [4.78, 5) is 21.9. The highest BCUT2D eigenvalue weighted by Gasteiger charge is 2.20. The van der Waals surface area contributed by atoms with Crippen molar-refractivity contribution in [1.82, 2.24) is 5.32 Å². The van der Waals surface area contributed by atoms with E-state index in [2.05, 4.69) is 5.32 Å². The molecule has 6 heteroatoms. The van der Waals surface area contributed by atoms with Crippen molar-refractivity contribution in [2.75, 3.05) is 6.54 Å². The van der Waals surface area contributed by atoms with Crippen molar-refractivity contribution in [2.45, 2.75) is 6.04 Å². The number of carbonyl (C=O) groups excluding carboxylic acids is 1. The number of aliphatic carboxylic acids is 1. The lowest BCUT2D eigenvalue weighted by molar-refractivity contribution is -0.141. The minimum atomic E-state index is -1.11. The summed E-state index contributed by atoms with van der Waals surface area (Å²) < 4.78 is 0. The van der Waals surface area contributed by atoms with Crippen molar-refractivity contribution in [3.63, 3.8) is 0 Å². The van der Waals surface area contributed by atoms with Gasteiger partial charge in [-0.15, -0.1) is 17.0 Å². The van der Waals surface area contributed by atoms with Gasteiger partial charge < -0.3 is 16.2 Å². The number of carboxylic acid groups (broad SMARTS) is 1. The normalized spacial score (nSPS) is 11.1. The molecule has 0 aliphatic heterocycles. The third kappa shape index (κ3) is 4.00. The first kappa shape index (κ1) is 14.6. The molecule has 1 aromatic carbocycles. The summed E-state index contributed by atoms with van der Waals surface area (Å²) in [5, 5.41) is 11.2. The highest BCUT2D eigenvalue weighted by molar-refractivity contribution is 8.93. The van der Waals surface area contributed by atoms with Crippen molar-refractivity contribution in [3.05, 3.63) is 35.9 Å². The first-order chi connectivity index (χ1) is 7.15. The summed E-state index contributed by atoms with van der Waals surface area (Å²) in [5.41, 5.74) is 5.61. The van der Waals surface area contributed by atoms with Gasteiger partial charge in [-0.05, 0) is 5.56 Å². The fourth-order valence-corrected chi connectivity index (χ4v) is 1.15.